The second-order valence-corrected chi connectivity index (χ2v) is 12.3. The minimum absolute atomic E-state index is 0.0539. The molecule has 1 heterocycles. The summed E-state index contributed by atoms with van der Waals surface area (Å²) in [6, 6.07) is 7.74. The van der Waals surface area contributed by atoms with E-state index in [1.807, 2.05) is 24.3 Å². The van der Waals surface area contributed by atoms with Crippen molar-refractivity contribution in [1.82, 2.24) is 0 Å². The minimum atomic E-state index is -1.72. The fourth-order valence-corrected chi connectivity index (χ4v) is 3.14. The van der Waals surface area contributed by atoms with E-state index in [2.05, 4.69) is 33.9 Å². The molecule has 0 aromatic heterocycles. The quantitative estimate of drug-likeness (QED) is 0.643. The van der Waals surface area contributed by atoms with Crippen molar-refractivity contribution >= 4 is 8.32 Å². The van der Waals surface area contributed by atoms with E-state index in [4.69, 9.17) is 19.6 Å². The molecule has 0 bridgehead atoms. The fourth-order valence-electron chi connectivity index (χ4n) is 2.13. The molecule has 124 valence electrons. The molecule has 1 saturated heterocycles. The maximum atomic E-state index is 6.30. The lowest BCUT2D eigenvalue weighted by atomic mass is 10.0. The molecule has 1 fully saturated rings. The number of hydrogen-bond donors (Lipinski definition) is 1. The lowest BCUT2D eigenvalue weighted by molar-refractivity contribution is 0.240. The van der Waals surface area contributed by atoms with Crippen molar-refractivity contribution in [2.75, 3.05) is 13.7 Å². The summed E-state index contributed by atoms with van der Waals surface area (Å²) in [6.07, 6.45) is 0.171. The molecule has 0 unspecified atom stereocenters. The molecule has 2 N–H and O–H groups in total. The smallest absolute Gasteiger partial charge is 0.192 e. The van der Waals surface area contributed by atoms with Gasteiger partial charge in [0.15, 0.2) is 8.32 Å². The Hall–Kier alpha value is -0.883. The Labute approximate surface area is 135 Å². The molecular formula is C17H29NO3Si. The molecule has 1 aliphatic heterocycles. The number of nitrogens with two attached hydrogens (primary N) is 1. The van der Waals surface area contributed by atoms with Crippen LogP contribution in [-0.2, 0) is 9.16 Å². The Balaban J connectivity index is 1.86. The lowest BCUT2D eigenvalue weighted by Gasteiger charge is -2.36. The number of benzene rings is 1. The van der Waals surface area contributed by atoms with Crippen LogP contribution in [0, 0.1) is 0 Å². The van der Waals surface area contributed by atoms with Crippen molar-refractivity contribution in [1.29, 1.82) is 0 Å². The third-order valence-corrected chi connectivity index (χ3v) is 9.39. The van der Waals surface area contributed by atoms with Gasteiger partial charge in [-0.2, -0.15) is 0 Å². The monoisotopic (exact) mass is 323 g/mol. The Morgan fingerprint density at radius 1 is 1.23 bits per heavy atom. The third kappa shape index (κ3) is 3.90. The average Bonchev–Trinajstić information content (AvgIpc) is 3.23. The summed E-state index contributed by atoms with van der Waals surface area (Å²) in [7, 11) is -0.0612. The zero-order valence-corrected chi connectivity index (χ0v) is 15.6. The lowest BCUT2D eigenvalue weighted by Crippen LogP contribution is -2.42. The van der Waals surface area contributed by atoms with Crippen molar-refractivity contribution in [3.05, 3.63) is 29.8 Å². The molecule has 22 heavy (non-hydrogen) atoms. The molecule has 0 amide bonds. The van der Waals surface area contributed by atoms with Crippen molar-refractivity contribution in [2.24, 2.45) is 5.73 Å². The summed E-state index contributed by atoms with van der Waals surface area (Å²) in [4.78, 5) is 0. The van der Waals surface area contributed by atoms with Gasteiger partial charge in [0, 0.05) is 0 Å². The number of hydrogen-bond acceptors (Lipinski definition) is 4. The molecule has 4 nitrogen and oxygen atoms in total. The van der Waals surface area contributed by atoms with E-state index in [1.165, 1.54) is 0 Å². The van der Waals surface area contributed by atoms with Gasteiger partial charge in [0.2, 0.25) is 0 Å². The molecule has 3 atom stereocenters. The van der Waals surface area contributed by atoms with Gasteiger partial charge in [-0.05, 0) is 35.8 Å². The van der Waals surface area contributed by atoms with Crippen LogP contribution in [-0.4, -0.2) is 34.2 Å². The van der Waals surface area contributed by atoms with E-state index < -0.39 is 8.32 Å². The SMILES string of the molecule is COc1ccc([C@@H](N)[C@@H]2O[C@H]2CO[Si](C)(C)C(C)(C)C)cc1. The van der Waals surface area contributed by atoms with Crippen LogP contribution in [0.4, 0.5) is 0 Å². The van der Waals surface area contributed by atoms with Crippen LogP contribution in [0.25, 0.3) is 0 Å². The van der Waals surface area contributed by atoms with Gasteiger partial charge in [0.05, 0.1) is 19.8 Å². The summed E-state index contributed by atoms with van der Waals surface area (Å²) < 4.78 is 17.1. The third-order valence-electron chi connectivity index (χ3n) is 4.89. The highest BCUT2D eigenvalue weighted by Crippen LogP contribution is 2.39. The number of ether oxygens (including phenoxy) is 2. The second kappa shape index (κ2) is 6.32. The molecule has 5 heteroatoms. The van der Waals surface area contributed by atoms with Crippen molar-refractivity contribution in [3.8, 4) is 5.75 Å². The van der Waals surface area contributed by atoms with Gasteiger partial charge in [-0.15, -0.1) is 0 Å². The van der Waals surface area contributed by atoms with Gasteiger partial charge in [-0.1, -0.05) is 32.9 Å². The van der Waals surface area contributed by atoms with E-state index in [0.29, 0.717) is 6.61 Å². The van der Waals surface area contributed by atoms with Crippen molar-refractivity contribution < 1.29 is 13.9 Å². The van der Waals surface area contributed by atoms with Crippen LogP contribution in [0.5, 0.6) is 5.75 Å². The molecular weight excluding hydrogens is 294 g/mol. The Morgan fingerprint density at radius 3 is 2.32 bits per heavy atom. The molecule has 1 aromatic carbocycles. The highest BCUT2D eigenvalue weighted by atomic mass is 28.4. The van der Waals surface area contributed by atoms with Crippen LogP contribution in [0.3, 0.4) is 0 Å². The fraction of sp³-hybridized carbons (Fsp3) is 0.647. The molecule has 0 saturated carbocycles. The van der Waals surface area contributed by atoms with Crippen LogP contribution in [0.2, 0.25) is 18.1 Å². The van der Waals surface area contributed by atoms with E-state index in [9.17, 15) is 0 Å². The number of epoxide rings is 1. The maximum absolute atomic E-state index is 6.30. The van der Waals surface area contributed by atoms with E-state index in [0.717, 1.165) is 11.3 Å². The molecule has 1 aromatic rings. The Morgan fingerprint density at radius 2 is 1.82 bits per heavy atom. The highest BCUT2D eigenvalue weighted by molar-refractivity contribution is 6.74. The van der Waals surface area contributed by atoms with E-state index >= 15 is 0 Å². The zero-order chi connectivity index (χ0) is 16.5. The van der Waals surface area contributed by atoms with Gasteiger partial charge >= 0.3 is 0 Å². The molecule has 0 radical (unpaired) electrons. The first-order chi connectivity index (χ1) is 10.2. The summed E-state index contributed by atoms with van der Waals surface area (Å²) in [5.74, 6) is 0.838. The van der Waals surface area contributed by atoms with Gasteiger partial charge in [-0.25, -0.2) is 0 Å². The topological polar surface area (TPSA) is 57.0 Å². The van der Waals surface area contributed by atoms with Crippen LogP contribution in [0.1, 0.15) is 32.4 Å². The molecule has 0 spiro atoms. The standard InChI is InChI=1S/C17H29NO3Si/c1-17(2,3)22(5,6)20-11-14-16(21-14)15(18)12-7-9-13(19-4)10-8-12/h7-10,14-16H,11,18H2,1-6H3/t14-,15+,16+/m0/s1. The summed E-state index contributed by atoms with van der Waals surface area (Å²) in [5, 5.41) is 0.218. The second-order valence-electron chi connectivity index (χ2n) is 7.51. The summed E-state index contributed by atoms with van der Waals surface area (Å²) in [6.45, 7) is 11.9. The van der Waals surface area contributed by atoms with E-state index in [1.54, 1.807) is 7.11 Å². The first-order valence-corrected chi connectivity index (χ1v) is 10.8. The van der Waals surface area contributed by atoms with Gasteiger partial charge in [-0.3, -0.25) is 0 Å². The minimum Gasteiger partial charge on any atom is -0.497 e. The van der Waals surface area contributed by atoms with E-state index in [-0.39, 0.29) is 23.3 Å². The Kier molecular flexibility index (Phi) is 5.02. The van der Waals surface area contributed by atoms with Gasteiger partial charge in [0.1, 0.15) is 18.0 Å². The summed E-state index contributed by atoms with van der Waals surface area (Å²) in [5.41, 5.74) is 7.37. The van der Waals surface area contributed by atoms with Gasteiger partial charge < -0.3 is 19.6 Å². The summed E-state index contributed by atoms with van der Waals surface area (Å²) >= 11 is 0. The normalized spacial score (nSPS) is 23.2. The number of methoxy groups -OCH3 is 1. The number of rotatable bonds is 6. The van der Waals surface area contributed by atoms with Crippen LogP contribution < -0.4 is 10.5 Å². The van der Waals surface area contributed by atoms with Crippen molar-refractivity contribution in [2.45, 2.75) is 57.2 Å². The molecule has 1 aliphatic rings. The predicted molar refractivity (Wildman–Crippen MR) is 91.7 cm³/mol. The first kappa shape index (κ1) is 17.5. The maximum Gasteiger partial charge on any atom is 0.192 e. The average molecular weight is 324 g/mol. The van der Waals surface area contributed by atoms with Gasteiger partial charge in [0.25, 0.3) is 0 Å². The highest BCUT2D eigenvalue weighted by Gasteiger charge is 2.46. The van der Waals surface area contributed by atoms with Crippen LogP contribution in [0.15, 0.2) is 24.3 Å². The zero-order valence-electron chi connectivity index (χ0n) is 14.6. The molecule has 0 aliphatic carbocycles. The molecule has 2 rings (SSSR count). The first-order valence-electron chi connectivity index (χ1n) is 7.84. The van der Waals surface area contributed by atoms with Crippen molar-refractivity contribution in [3.63, 3.8) is 0 Å². The van der Waals surface area contributed by atoms with Crippen LogP contribution >= 0.6 is 0 Å². The largest absolute Gasteiger partial charge is 0.497 e. The predicted octanol–water partition coefficient (Wildman–Crippen LogP) is 3.48. The Bertz CT molecular complexity index is 496.